The first kappa shape index (κ1) is 15.2. The van der Waals surface area contributed by atoms with Crippen molar-refractivity contribution >= 4 is 11.6 Å². The van der Waals surface area contributed by atoms with E-state index in [9.17, 15) is 9.18 Å². The van der Waals surface area contributed by atoms with Crippen LogP contribution in [0.15, 0.2) is 48.5 Å². The minimum atomic E-state index is -0.154. The van der Waals surface area contributed by atoms with Crippen molar-refractivity contribution in [2.75, 3.05) is 11.9 Å². The summed E-state index contributed by atoms with van der Waals surface area (Å²) in [6.45, 7) is 2.92. The van der Waals surface area contributed by atoms with Gasteiger partial charge < -0.3 is 10.6 Å². The first-order chi connectivity index (χ1) is 10.1. The van der Waals surface area contributed by atoms with Crippen LogP contribution in [0.5, 0.6) is 0 Å². The lowest BCUT2D eigenvalue weighted by Gasteiger charge is -2.07. The third kappa shape index (κ3) is 5.00. The highest BCUT2D eigenvalue weighted by atomic mass is 19.1. The van der Waals surface area contributed by atoms with Crippen LogP contribution in [-0.4, -0.2) is 12.5 Å². The Labute approximate surface area is 124 Å². The van der Waals surface area contributed by atoms with Crippen LogP contribution in [0.1, 0.15) is 18.1 Å². The number of amides is 1. The van der Waals surface area contributed by atoms with Gasteiger partial charge in [0.05, 0.1) is 0 Å². The van der Waals surface area contributed by atoms with Crippen LogP contribution >= 0.6 is 0 Å². The molecule has 3 nitrogen and oxygen atoms in total. The van der Waals surface area contributed by atoms with Crippen molar-refractivity contribution in [3.63, 3.8) is 0 Å². The molecule has 0 heterocycles. The summed E-state index contributed by atoms with van der Waals surface area (Å²) in [7, 11) is 0. The summed E-state index contributed by atoms with van der Waals surface area (Å²) in [6, 6.07) is 14.5. The van der Waals surface area contributed by atoms with Crippen LogP contribution in [0, 0.1) is 5.82 Å². The number of anilines is 1. The van der Waals surface area contributed by atoms with E-state index in [0.29, 0.717) is 13.0 Å². The van der Waals surface area contributed by atoms with E-state index in [1.807, 2.05) is 30.3 Å². The number of carbonyl (C=O) groups is 1. The quantitative estimate of drug-likeness (QED) is 0.801. The number of hydrogen-bond acceptors (Lipinski definition) is 2. The molecule has 0 aliphatic carbocycles. The van der Waals surface area contributed by atoms with E-state index in [1.54, 1.807) is 12.1 Å². The maximum absolute atomic E-state index is 13.4. The van der Waals surface area contributed by atoms with Gasteiger partial charge in [0.2, 0.25) is 5.91 Å². The molecule has 0 saturated heterocycles. The molecule has 1 amide bonds. The van der Waals surface area contributed by atoms with Crippen LogP contribution in [0.3, 0.4) is 0 Å². The second-order valence-electron chi connectivity index (χ2n) is 4.90. The average Bonchev–Trinajstić information content (AvgIpc) is 2.46. The summed E-state index contributed by atoms with van der Waals surface area (Å²) in [4.78, 5) is 10.9. The lowest BCUT2D eigenvalue weighted by Crippen LogP contribution is -2.17. The zero-order valence-electron chi connectivity index (χ0n) is 12.0. The van der Waals surface area contributed by atoms with Crippen molar-refractivity contribution in [2.45, 2.75) is 19.9 Å². The van der Waals surface area contributed by atoms with E-state index in [-0.39, 0.29) is 11.7 Å². The SMILES string of the molecule is CC(=O)Nc1ccc(CNCCc2ccccc2F)cc1. The molecule has 2 aromatic carbocycles. The van der Waals surface area contributed by atoms with Gasteiger partial charge in [-0.05, 0) is 42.3 Å². The summed E-state index contributed by atoms with van der Waals surface area (Å²) in [6.07, 6.45) is 0.663. The fourth-order valence-electron chi connectivity index (χ4n) is 2.07. The molecule has 110 valence electrons. The molecule has 0 unspecified atom stereocenters. The van der Waals surface area contributed by atoms with Gasteiger partial charge in [0.25, 0.3) is 0 Å². The van der Waals surface area contributed by atoms with Gasteiger partial charge in [-0.25, -0.2) is 4.39 Å². The fourth-order valence-corrected chi connectivity index (χ4v) is 2.07. The van der Waals surface area contributed by atoms with Gasteiger partial charge in [-0.2, -0.15) is 0 Å². The molecule has 0 aliphatic rings. The topological polar surface area (TPSA) is 41.1 Å². The Hall–Kier alpha value is -2.20. The standard InChI is InChI=1S/C17H19FN2O/c1-13(21)20-16-8-6-14(7-9-16)12-19-11-10-15-4-2-3-5-17(15)18/h2-9,19H,10-12H2,1H3,(H,20,21). The number of carbonyl (C=O) groups excluding carboxylic acids is 1. The molecule has 0 fully saturated rings. The minimum absolute atomic E-state index is 0.0780. The molecule has 0 bridgehead atoms. The molecule has 0 saturated carbocycles. The Morgan fingerprint density at radius 2 is 1.81 bits per heavy atom. The first-order valence-corrected chi connectivity index (χ1v) is 6.96. The number of benzene rings is 2. The largest absolute Gasteiger partial charge is 0.326 e. The van der Waals surface area contributed by atoms with Gasteiger partial charge in [-0.15, -0.1) is 0 Å². The average molecular weight is 286 g/mol. The Morgan fingerprint density at radius 3 is 2.48 bits per heavy atom. The predicted octanol–water partition coefficient (Wildman–Crippen LogP) is 3.12. The third-order valence-corrected chi connectivity index (χ3v) is 3.13. The smallest absolute Gasteiger partial charge is 0.221 e. The highest BCUT2D eigenvalue weighted by molar-refractivity contribution is 5.88. The summed E-state index contributed by atoms with van der Waals surface area (Å²) in [5, 5.41) is 6.01. The summed E-state index contributed by atoms with van der Waals surface area (Å²) in [5.74, 6) is -0.232. The molecular weight excluding hydrogens is 267 g/mol. The maximum Gasteiger partial charge on any atom is 0.221 e. The number of rotatable bonds is 6. The molecule has 21 heavy (non-hydrogen) atoms. The van der Waals surface area contributed by atoms with Gasteiger partial charge in [0, 0.05) is 19.2 Å². The van der Waals surface area contributed by atoms with Gasteiger partial charge in [-0.3, -0.25) is 4.79 Å². The second kappa shape index (κ2) is 7.55. The van der Waals surface area contributed by atoms with Crippen LogP contribution in [0.25, 0.3) is 0 Å². The number of halogens is 1. The lowest BCUT2D eigenvalue weighted by atomic mass is 10.1. The molecule has 2 N–H and O–H groups in total. The van der Waals surface area contributed by atoms with E-state index in [1.165, 1.54) is 13.0 Å². The Balaban J connectivity index is 1.76. The third-order valence-electron chi connectivity index (χ3n) is 3.13. The van der Waals surface area contributed by atoms with Gasteiger partial charge in [0.1, 0.15) is 5.82 Å². The molecule has 0 radical (unpaired) electrons. The summed E-state index contributed by atoms with van der Waals surface area (Å²) in [5.41, 5.74) is 2.64. The van der Waals surface area contributed by atoms with Gasteiger partial charge in [0.15, 0.2) is 0 Å². The first-order valence-electron chi connectivity index (χ1n) is 6.96. The molecular formula is C17H19FN2O. The van der Waals surface area contributed by atoms with Gasteiger partial charge in [-0.1, -0.05) is 30.3 Å². The van der Waals surface area contributed by atoms with Crippen molar-refractivity contribution in [2.24, 2.45) is 0 Å². The highest BCUT2D eigenvalue weighted by Crippen LogP contribution is 2.10. The van der Waals surface area contributed by atoms with Crippen molar-refractivity contribution < 1.29 is 9.18 Å². The molecule has 4 heteroatoms. The van der Waals surface area contributed by atoms with Crippen LogP contribution < -0.4 is 10.6 Å². The van der Waals surface area contributed by atoms with E-state index in [2.05, 4.69) is 10.6 Å². The molecule has 0 aromatic heterocycles. The van der Waals surface area contributed by atoms with Crippen LogP contribution in [-0.2, 0) is 17.8 Å². The van der Waals surface area contributed by atoms with Crippen molar-refractivity contribution in [1.29, 1.82) is 0 Å². The van der Waals surface area contributed by atoms with Crippen LogP contribution in [0.4, 0.5) is 10.1 Å². The van der Waals surface area contributed by atoms with Gasteiger partial charge >= 0.3 is 0 Å². The Morgan fingerprint density at radius 1 is 1.10 bits per heavy atom. The summed E-state index contributed by atoms with van der Waals surface area (Å²) >= 11 is 0. The molecule has 0 spiro atoms. The van der Waals surface area contributed by atoms with Crippen molar-refractivity contribution in [3.05, 3.63) is 65.5 Å². The van der Waals surface area contributed by atoms with E-state index in [4.69, 9.17) is 0 Å². The predicted molar refractivity (Wildman–Crippen MR) is 82.6 cm³/mol. The highest BCUT2D eigenvalue weighted by Gasteiger charge is 2.00. The molecule has 0 atom stereocenters. The zero-order chi connectivity index (χ0) is 15.1. The normalized spacial score (nSPS) is 10.4. The second-order valence-corrected chi connectivity index (χ2v) is 4.90. The maximum atomic E-state index is 13.4. The van der Waals surface area contributed by atoms with Crippen molar-refractivity contribution in [1.82, 2.24) is 5.32 Å². The number of hydrogen-bond donors (Lipinski definition) is 2. The summed E-state index contributed by atoms with van der Waals surface area (Å²) < 4.78 is 13.4. The number of nitrogens with one attached hydrogen (secondary N) is 2. The molecule has 0 aliphatic heterocycles. The Bertz CT molecular complexity index is 596. The fraction of sp³-hybridized carbons (Fsp3) is 0.235. The van der Waals surface area contributed by atoms with E-state index in [0.717, 1.165) is 23.4 Å². The van der Waals surface area contributed by atoms with Crippen LogP contribution in [0.2, 0.25) is 0 Å². The van der Waals surface area contributed by atoms with Crippen molar-refractivity contribution in [3.8, 4) is 0 Å². The minimum Gasteiger partial charge on any atom is -0.326 e. The zero-order valence-corrected chi connectivity index (χ0v) is 12.0. The lowest BCUT2D eigenvalue weighted by molar-refractivity contribution is -0.114. The Kier molecular flexibility index (Phi) is 5.46. The van der Waals surface area contributed by atoms with E-state index >= 15 is 0 Å². The molecule has 2 aromatic rings. The molecule has 2 rings (SSSR count). The monoisotopic (exact) mass is 286 g/mol. The van der Waals surface area contributed by atoms with E-state index < -0.39 is 0 Å².